The molecule has 4 rings (SSSR count). The van der Waals surface area contributed by atoms with Crippen LogP contribution >= 0.6 is 0 Å². The van der Waals surface area contributed by atoms with Gasteiger partial charge >= 0.3 is 12.5 Å². The van der Waals surface area contributed by atoms with Crippen LogP contribution in [0.4, 0.5) is 30.7 Å². The van der Waals surface area contributed by atoms with Crippen LogP contribution in [-0.2, 0) is 12.5 Å². The molecule has 2 aromatic rings. The summed E-state index contributed by atoms with van der Waals surface area (Å²) >= 11 is 0. The van der Waals surface area contributed by atoms with Gasteiger partial charge in [0.25, 0.3) is 0 Å². The molecule has 2 aromatic carbocycles. The fourth-order valence-electron chi connectivity index (χ4n) is 6.82. The Morgan fingerprint density at radius 1 is 0.690 bits per heavy atom. The van der Waals surface area contributed by atoms with Crippen LogP contribution in [0, 0.1) is 35.3 Å². The summed E-state index contributed by atoms with van der Waals surface area (Å²) in [4.78, 5) is 0. The van der Waals surface area contributed by atoms with E-state index in [1.165, 1.54) is 89.2 Å². The zero-order chi connectivity index (χ0) is 30.3. The van der Waals surface area contributed by atoms with Gasteiger partial charge in [-0.15, -0.1) is 13.2 Å². The predicted molar refractivity (Wildman–Crippen MR) is 147 cm³/mol. The minimum atomic E-state index is -5.38. The fraction of sp³-hybridized carbons (Fsp3) is 0.636. The van der Waals surface area contributed by atoms with Crippen LogP contribution < -0.4 is 9.47 Å². The summed E-state index contributed by atoms with van der Waals surface area (Å²) in [7, 11) is 0. The van der Waals surface area contributed by atoms with Gasteiger partial charge in [-0.2, -0.15) is 8.78 Å². The molecule has 0 spiro atoms. The van der Waals surface area contributed by atoms with Gasteiger partial charge in [-0.05, 0) is 92.0 Å². The Morgan fingerprint density at radius 2 is 1.21 bits per heavy atom. The largest absolute Gasteiger partial charge is 0.573 e. The van der Waals surface area contributed by atoms with E-state index in [1.54, 1.807) is 12.1 Å². The second-order valence-electron chi connectivity index (χ2n) is 12.2. The number of ether oxygens (including phenoxy) is 2. The number of benzene rings is 2. The van der Waals surface area contributed by atoms with Crippen molar-refractivity contribution in [2.24, 2.45) is 23.7 Å². The highest BCUT2D eigenvalue weighted by molar-refractivity contribution is 5.34. The number of aryl methyl sites for hydroxylation is 1. The second kappa shape index (κ2) is 14.3. The molecule has 9 heteroatoms. The maximum Gasteiger partial charge on any atom is 0.573 e. The van der Waals surface area contributed by atoms with E-state index >= 15 is 0 Å². The highest BCUT2D eigenvalue weighted by atomic mass is 19.4. The molecule has 0 atom stereocenters. The molecule has 2 fully saturated rings. The number of halogens is 7. The van der Waals surface area contributed by atoms with Crippen LogP contribution in [0.15, 0.2) is 36.4 Å². The highest BCUT2D eigenvalue weighted by Gasteiger charge is 2.39. The van der Waals surface area contributed by atoms with Gasteiger partial charge in [-0.1, -0.05) is 70.4 Å². The van der Waals surface area contributed by atoms with Gasteiger partial charge in [-0.25, -0.2) is 8.78 Å². The summed E-state index contributed by atoms with van der Waals surface area (Å²) in [6.07, 6.45) is 8.32. The Bertz CT molecular complexity index is 1090. The zero-order valence-electron chi connectivity index (χ0n) is 24.1. The molecule has 0 radical (unpaired) electrons. The maximum absolute atomic E-state index is 14.6. The van der Waals surface area contributed by atoms with Gasteiger partial charge in [0.2, 0.25) is 5.75 Å². The smallest absolute Gasteiger partial charge is 0.429 e. The van der Waals surface area contributed by atoms with E-state index in [0.717, 1.165) is 36.2 Å². The fourth-order valence-corrected chi connectivity index (χ4v) is 6.82. The molecule has 0 unspecified atom stereocenters. The van der Waals surface area contributed by atoms with Crippen molar-refractivity contribution in [1.82, 2.24) is 0 Å². The Hall–Kier alpha value is -2.45. The van der Waals surface area contributed by atoms with Crippen molar-refractivity contribution in [3.05, 3.63) is 59.2 Å². The standard InChI is InChI=1S/C33H41F7O2/c1-2-3-4-5-22-8-14-25(15-9-22)26-16-10-23(11-17-26)6-7-24-12-18-28(19-13-24)41-32(36,37)27-20-29(34)31(30(35)21-27)42-33(38,39)40/h12-13,18-23,25-26H,2-11,14-17H2,1H3. The first-order valence-electron chi connectivity index (χ1n) is 15.3. The van der Waals surface area contributed by atoms with E-state index < -0.39 is 35.4 Å². The molecule has 234 valence electrons. The van der Waals surface area contributed by atoms with E-state index in [-0.39, 0.29) is 17.9 Å². The first-order valence-corrected chi connectivity index (χ1v) is 15.3. The molecule has 0 aliphatic heterocycles. The molecular weight excluding hydrogens is 561 g/mol. The topological polar surface area (TPSA) is 18.5 Å². The first-order chi connectivity index (χ1) is 19.9. The molecule has 0 bridgehead atoms. The molecule has 2 aliphatic carbocycles. The van der Waals surface area contributed by atoms with E-state index in [4.69, 9.17) is 0 Å². The summed E-state index contributed by atoms with van der Waals surface area (Å²) < 4.78 is 102. The summed E-state index contributed by atoms with van der Waals surface area (Å²) in [6, 6.07) is 6.19. The van der Waals surface area contributed by atoms with Crippen LogP contribution in [0.25, 0.3) is 0 Å². The third kappa shape index (κ3) is 9.27. The van der Waals surface area contributed by atoms with Crippen molar-refractivity contribution >= 4 is 0 Å². The number of unbranched alkanes of at least 4 members (excludes halogenated alkanes) is 2. The molecule has 2 saturated carbocycles. The Balaban J connectivity index is 1.21. The average molecular weight is 603 g/mol. The quantitative estimate of drug-likeness (QED) is 0.178. The minimum absolute atomic E-state index is 0.0624. The number of rotatable bonds is 12. The average Bonchev–Trinajstić information content (AvgIpc) is 2.95. The number of hydrogen-bond acceptors (Lipinski definition) is 2. The Kier molecular flexibility index (Phi) is 11.1. The van der Waals surface area contributed by atoms with Crippen LogP contribution in [0.2, 0.25) is 0 Å². The van der Waals surface area contributed by atoms with Gasteiger partial charge in [0.15, 0.2) is 11.6 Å². The second-order valence-corrected chi connectivity index (χ2v) is 12.2. The molecule has 2 aliphatic rings. The third-order valence-corrected chi connectivity index (χ3v) is 9.23. The van der Waals surface area contributed by atoms with Crippen molar-refractivity contribution in [1.29, 1.82) is 0 Å². The minimum Gasteiger partial charge on any atom is -0.429 e. The van der Waals surface area contributed by atoms with E-state index in [2.05, 4.69) is 16.4 Å². The van der Waals surface area contributed by atoms with Crippen LogP contribution in [0.5, 0.6) is 11.5 Å². The lowest BCUT2D eigenvalue weighted by atomic mass is 9.68. The zero-order valence-corrected chi connectivity index (χ0v) is 24.1. The molecule has 0 N–H and O–H groups in total. The van der Waals surface area contributed by atoms with Gasteiger partial charge in [0, 0.05) is 0 Å². The normalized spacial score (nSPS) is 23.5. The predicted octanol–water partition coefficient (Wildman–Crippen LogP) is 11.1. The van der Waals surface area contributed by atoms with Gasteiger partial charge in [0.1, 0.15) is 5.75 Å². The van der Waals surface area contributed by atoms with Crippen molar-refractivity contribution in [2.75, 3.05) is 0 Å². The summed E-state index contributed by atoms with van der Waals surface area (Å²) in [5.74, 6) is -2.54. The summed E-state index contributed by atoms with van der Waals surface area (Å²) in [5, 5.41) is 0. The monoisotopic (exact) mass is 602 g/mol. The molecule has 0 aromatic heterocycles. The third-order valence-electron chi connectivity index (χ3n) is 9.23. The summed E-state index contributed by atoms with van der Waals surface area (Å²) in [5.41, 5.74) is -0.299. The van der Waals surface area contributed by atoms with Crippen LogP contribution in [0.3, 0.4) is 0 Å². The lowest BCUT2D eigenvalue weighted by Crippen LogP contribution is -2.26. The summed E-state index contributed by atoms with van der Waals surface area (Å²) in [6.45, 7) is 2.26. The Morgan fingerprint density at radius 3 is 1.71 bits per heavy atom. The highest BCUT2D eigenvalue weighted by Crippen LogP contribution is 2.43. The van der Waals surface area contributed by atoms with Crippen molar-refractivity contribution in [3.63, 3.8) is 0 Å². The first kappa shape index (κ1) is 32.5. The lowest BCUT2D eigenvalue weighted by Gasteiger charge is -2.38. The van der Waals surface area contributed by atoms with E-state index in [1.807, 2.05) is 0 Å². The van der Waals surface area contributed by atoms with E-state index in [9.17, 15) is 30.7 Å². The maximum atomic E-state index is 14.6. The molecule has 0 heterocycles. The van der Waals surface area contributed by atoms with Gasteiger partial charge in [-0.3, -0.25) is 0 Å². The number of alkyl halides is 5. The molecule has 0 saturated heterocycles. The Labute approximate surface area is 244 Å². The van der Waals surface area contributed by atoms with Crippen molar-refractivity contribution < 1.29 is 40.2 Å². The molecule has 0 amide bonds. The number of hydrogen-bond donors (Lipinski definition) is 0. The van der Waals surface area contributed by atoms with Crippen molar-refractivity contribution in [2.45, 2.75) is 109 Å². The van der Waals surface area contributed by atoms with Gasteiger partial charge < -0.3 is 9.47 Å². The SMILES string of the molecule is CCCCCC1CCC(C2CCC(CCc3ccc(OC(F)(F)c4cc(F)c(OC(F)(F)F)c(F)c4)cc3)CC2)CC1. The van der Waals surface area contributed by atoms with E-state index in [0.29, 0.717) is 5.92 Å². The molecule has 42 heavy (non-hydrogen) atoms. The van der Waals surface area contributed by atoms with Gasteiger partial charge in [0.05, 0.1) is 5.56 Å². The van der Waals surface area contributed by atoms with Crippen LogP contribution in [-0.4, -0.2) is 6.36 Å². The van der Waals surface area contributed by atoms with Crippen LogP contribution in [0.1, 0.15) is 102 Å². The van der Waals surface area contributed by atoms with Crippen molar-refractivity contribution in [3.8, 4) is 11.5 Å². The molecular formula is C33H41F7O2. The lowest BCUT2D eigenvalue weighted by molar-refractivity contribution is -0.276. The molecule has 2 nitrogen and oxygen atoms in total.